The van der Waals surface area contributed by atoms with Gasteiger partial charge in [-0.3, -0.25) is 9.80 Å². The van der Waals surface area contributed by atoms with Crippen molar-refractivity contribution in [3.63, 3.8) is 0 Å². The van der Waals surface area contributed by atoms with E-state index in [2.05, 4.69) is 204 Å². The van der Waals surface area contributed by atoms with Gasteiger partial charge in [-0.15, -0.1) is 0 Å². The molecule has 6 rings (SSSR count). The van der Waals surface area contributed by atoms with E-state index < -0.39 is 0 Å². The summed E-state index contributed by atoms with van der Waals surface area (Å²) < 4.78 is 1.22. The first-order chi connectivity index (χ1) is 28.8. The molecule has 0 aromatic heterocycles. The maximum Gasteiger partial charge on any atom is 0.0366 e. The van der Waals surface area contributed by atoms with Gasteiger partial charge in [0.05, 0.1) is 0 Å². The van der Waals surface area contributed by atoms with Crippen molar-refractivity contribution < 1.29 is 0 Å². The Labute approximate surface area is 370 Å². The Morgan fingerprint density at radius 1 is 0.339 bits per heavy atom. The summed E-state index contributed by atoms with van der Waals surface area (Å²) in [6.45, 7) is 20.6. The highest BCUT2D eigenvalue weighted by atomic mass is 127. The highest BCUT2D eigenvalue weighted by molar-refractivity contribution is 14.1. The van der Waals surface area contributed by atoms with Crippen LogP contribution >= 0.6 is 22.6 Å². The zero-order chi connectivity index (χ0) is 42.2. The number of hydrogen-bond acceptors (Lipinski definition) is 6. The van der Waals surface area contributed by atoms with Crippen molar-refractivity contribution in [2.45, 2.75) is 73.9 Å². The number of halogens is 1. The van der Waals surface area contributed by atoms with Crippen LogP contribution in [0.15, 0.2) is 158 Å². The summed E-state index contributed by atoms with van der Waals surface area (Å²) >= 11 is 2.29. The van der Waals surface area contributed by atoms with Gasteiger partial charge >= 0.3 is 0 Å². The first-order valence-electron chi connectivity index (χ1n) is 21.2. The second-order valence-corrected chi connectivity index (χ2v) is 16.2. The molecular weight excluding hydrogens is 836 g/mol. The van der Waals surface area contributed by atoms with Crippen LogP contribution in [0.3, 0.4) is 0 Å². The third-order valence-electron chi connectivity index (χ3n) is 10.2. The molecule has 0 amide bonds. The average molecular weight is 903 g/mol. The molecule has 0 spiro atoms. The van der Waals surface area contributed by atoms with Crippen LogP contribution in [0.25, 0.3) is 0 Å². The number of rotatable bonds is 18. The molecule has 0 saturated carbocycles. The summed E-state index contributed by atoms with van der Waals surface area (Å²) in [5.74, 6) is 0. The molecule has 0 radical (unpaired) electrons. The van der Waals surface area contributed by atoms with E-state index >= 15 is 0 Å². The van der Waals surface area contributed by atoms with Crippen molar-refractivity contribution in [3.05, 3.63) is 191 Å². The molecule has 0 aliphatic carbocycles. The monoisotopic (exact) mass is 902 g/mol. The van der Waals surface area contributed by atoms with Crippen molar-refractivity contribution >= 4 is 45.3 Å². The van der Waals surface area contributed by atoms with Gasteiger partial charge in [0, 0.05) is 88.2 Å². The van der Waals surface area contributed by atoms with Gasteiger partial charge in [-0.05, 0) is 114 Å². The molecule has 0 unspecified atom stereocenters. The fourth-order valence-electron chi connectivity index (χ4n) is 7.10. The Morgan fingerprint density at radius 3 is 0.797 bits per heavy atom. The van der Waals surface area contributed by atoms with Crippen LogP contribution in [0.5, 0.6) is 0 Å². The Morgan fingerprint density at radius 2 is 0.559 bits per heavy atom. The van der Waals surface area contributed by atoms with E-state index in [1.165, 1.54) is 49.2 Å². The molecule has 6 aromatic rings. The Hall–Kier alpha value is -4.83. The molecule has 0 atom stereocenters. The minimum Gasteiger partial charge on any atom is -0.399 e. The minimum atomic E-state index is 0.798. The standard InChI is InChI=1S/C29H39N3.C21H23N3.C2H5I/c1-5-31(6-2)28-18-14-26(15-19-28)23-30(22-25-12-10-9-11-13-25)24-27-16-20-29(21-17-27)32(7-3)8-4;22-20-10-6-18(7-11-20)15-24(14-17-4-2-1-3-5-17)16-19-8-12-21(23)13-9-19;1-2-3/h9-21H,5-8,22-24H2,1-4H3;1-13H,14-16,22-23H2;2H2,1H3. The van der Waals surface area contributed by atoms with E-state index in [4.69, 9.17) is 11.5 Å². The summed E-state index contributed by atoms with van der Waals surface area (Å²) in [4.78, 5) is 9.74. The fraction of sp³-hybridized carbons (Fsp3) is 0.308. The molecular formula is C52H67IN6. The lowest BCUT2D eigenvalue weighted by Gasteiger charge is -2.25. The fourth-order valence-corrected chi connectivity index (χ4v) is 7.10. The number of anilines is 4. The van der Waals surface area contributed by atoms with Gasteiger partial charge in [0.2, 0.25) is 0 Å². The maximum absolute atomic E-state index is 5.79. The summed E-state index contributed by atoms with van der Waals surface area (Å²) in [6.07, 6.45) is 0. The normalized spacial score (nSPS) is 10.7. The van der Waals surface area contributed by atoms with E-state index in [9.17, 15) is 0 Å². The maximum atomic E-state index is 5.79. The highest BCUT2D eigenvalue weighted by Crippen LogP contribution is 2.21. The number of hydrogen-bond donors (Lipinski definition) is 2. The van der Waals surface area contributed by atoms with Crippen molar-refractivity contribution in [2.24, 2.45) is 0 Å². The third-order valence-corrected chi connectivity index (χ3v) is 10.2. The van der Waals surface area contributed by atoms with Gasteiger partial charge in [0.25, 0.3) is 0 Å². The van der Waals surface area contributed by atoms with Gasteiger partial charge < -0.3 is 21.3 Å². The number of alkyl halides is 1. The van der Waals surface area contributed by atoms with Crippen LogP contribution in [0.2, 0.25) is 0 Å². The number of nitrogen functional groups attached to an aromatic ring is 2. The molecule has 0 bridgehead atoms. The van der Waals surface area contributed by atoms with Crippen LogP contribution in [0.4, 0.5) is 22.7 Å². The molecule has 4 N–H and O–H groups in total. The largest absolute Gasteiger partial charge is 0.399 e. The minimum absolute atomic E-state index is 0.798. The van der Waals surface area contributed by atoms with Crippen molar-refractivity contribution in [1.82, 2.24) is 9.80 Å². The molecule has 0 aliphatic heterocycles. The molecule has 7 heteroatoms. The Kier molecular flexibility index (Phi) is 20.9. The molecule has 0 saturated heterocycles. The smallest absolute Gasteiger partial charge is 0.0366 e. The third kappa shape index (κ3) is 16.7. The first kappa shape index (κ1) is 46.9. The molecule has 0 fully saturated rings. The van der Waals surface area contributed by atoms with Gasteiger partial charge in [0.1, 0.15) is 0 Å². The lowest BCUT2D eigenvalue weighted by Crippen LogP contribution is -2.24. The van der Waals surface area contributed by atoms with Crippen LogP contribution in [0, 0.1) is 0 Å². The SMILES string of the molecule is CCI.CCN(CC)c1ccc(CN(Cc2ccccc2)Cc2ccc(N(CC)CC)cc2)cc1.Nc1ccc(CN(Cc2ccccc2)Cc2ccc(N)cc2)cc1. The molecule has 0 aliphatic rings. The summed E-state index contributed by atoms with van der Waals surface area (Å²) in [6, 6.07) is 55.8. The second kappa shape index (κ2) is 26.3. The van der Waals surface area contributed by atoms with Crippen molar-refractivity contribution in [3.8, 4) is 0 Å². The molecule has 6 nitrogen and oxygen atoms in total. The predicted octanol–water partition coefficient (Wildman–Crippen LogP) is 12.1. The predicted molar refractivity (Wildman–Crippen MR) is 265 cm³/mol. The van der Waals surface area contributed by atoms with Crippen LogP contribution in [-0.4, -0.2) is 40.4 Å². The topological polar surface area (TPSA) is 65.0 Å². The van der Waals surface area contributed by atoms with Crippen molar-refractivity contribution in [1.29, 1.82) is 0 Å². The average Bonchev–Trinajstić information content (AvgIpc) is 3.26. The summed E-state index contributed by atoms with van der Waals surface area (Å²) in [5.41, 5.74) is 23.7. The lowest BCUT2D eigenvalue weighted by molar-refractivity contribution is 0.247. The number of nitrogens with zero attached hydrogens (tertiary/aromatic N) is 4. The molecule has 59 heavy (non-hydrogen) atoms. The summed E-state index contributed by atoms with van der Waals surface area (Å²) in [5, 5.41) is 0. The van der Waals surface area contributed by atoms with E-state index in [0.717, 1.165) is 76.8 Å². The zero-order valence-corrected chi connectivity index (χ0v) is 38.3. The van der Waals surface area contributed by atoms with Gasteiger partial charge in [-0.25, -0.2) is 0 Å². The number of benzene rings is 6. The Balaban J connectivity index is 0.000000253. The van der Waals surface area contributed by atoms with Gasteiger partial charge in [0.15, 0.2) is 0 Å². The van der Waals surface area contributed by atoms with Crippen LogP contribution < -0.4 is 21.3 Å². The van der Waals surface area contributed by atoms with E-state index in [0.29, 0.717) is 0 Å². The highest BCUT2D eigenvalue weighted by Gasteiger charge is 2.12. The second-order valence-electron chi connectivity index (χ2n) is 14.7. The van der Waals surface area contributed by atoms with Gasteiger partial charge in [-0.1, -0.05) is 139 Å². The van der Waals surface area contributed by atoms with E-state index in [-0.39, 0.29) is 0 Å². The zero-order valence-electron chi connectivity index (χ0n) is 36.1. The molecule has 6 aromatic carbocycles. The van der Waals surface area contributed by atoms with Crippen LogP contribution in [0.1, 0.15) is 68.0 Å². The quantitative estimate of drug-likeness (QED) is 0.0509. The number of nitrogens with two attached hydrogens (primary N) is 2. The van der Waals surface area contributed by atoms with Gasteiger partial charge in [-0.2, -0.15) is 0 Å². The first-order valence-corrected chi connectivity index (χ1v) is 22.7. The Bertz CT molecular complexity index is 1860. The van der Waals surface area contributed by atoms with Crippen LogP contribution in [-0.2, 0) is 39.3 Å². The summed E-state index contributed by atoms with van der Waals surface area (Å²) in [7, 11) is 0. The molecule has 312 valence electrons. The van der Waals surface area contributed by atoms with Crippen molar-refractivity contribution in [2.75, 3.05) is 51.9 Å². The lowest BCUT2D eigenvalue weighted by atomic mass is 10.1. The van der Waals surface area contributed by atoms with E-state index in [1.54, 1.807) is 0 Å². The molecule has 0 heterocycles. The van der Waals surface area contributed by atoms with E-state index in [1.807, 2.05) is 30.3 Å².